The van der Waals surface area contributed by atoms with Crippen molar-refractivity contribution >= 4 is 19.7 Å². The van der Waals surface area contributed by atoms with E-state index < -0.39 is 24.3 Å². The highest BCUT2D eigenvalue weighted by Crippen LogP contribution is 2.16. The second-order valence-electron chi connectivity index (χ2n) is 4.29. The molecule has 0 aliphatic heterocycles. The van der Waals surface area contributed by atoms with Gasteiger partial charge in [-0.1, -0.05) is 39.0 Å². The van der Waals surface area contributed by atoms with Crippen molar-refractivity contribution in [3.8, 4) is 0 Å². The number of sulfone groups is 2. The van der Waals surface area contributed by atoms with Crippen LogP contribution < -0.4 is 0 Å². The van der Waals surface area contributed by atoms with Crippen molar-refractivity contribution in [3.63, 3.8) is 0 Å². The van der Waals surface area contributed by atoms with Gasteiger partial charge in [0.2, 0.25) is 0 Å². The van der Waals surface area contributed by atoms with Gasteiger partial charge in [0.15, 0.2) is 24.3 Å². The standard InChI is InChI=1S/C10H22O4S2/c1-4-5-6-7-8-9-10(15(2,11)12)16(3,13)14/h10H,4-9H2,1-3H3. The first-order valence-corrected chi connectivity index (χ1v) is 9.48. The molecular weight excluding hydrogens is 248 g/mol. The average Bonchev–Trinajstić information content (AvgIpc) is 2.06. The van der Waals surface area contributed by atoms with Gasteiger partial charge < -0.3 is 0 Å². The molecule has 0 aromatic rings. The van der Waals surface area contributed by atoms with Crippen molar-refractivity contribution in [1.29, 1.82) is 0 Å². The van der Waals surface area contributed by atoms with E-state index in [2.05, 4.69) is 6.92 Å². The van der Waals surface area contributed by atoms with Crippen LogP contribution in [0, 0.1) is 0 Å². The van der Waals surface area contributed by atoms with Crippen molar-refractivity contribution < 1.29 is 16.8 Å². The Morgan fingerprint density at radius 2 is 1.25 bits per heavy atom. The van der Waals surface area contributed by atoms with Gasteiger partial charge >= 0.3 is 0 Å². The summed E-state index contributed by atoms with van der Waals surface area (Å²) in [6.07, 6.45) is 7.03. The molecule has 0 saturated heterocycles. The van der Waals surface area contributed by atoms with Crippen LogP contribution in [0.5, 0.6) is 0 Å². The lowest BCUT2D eigenvalue weighted by molar-refractivity contribution is 0.561. The van der Waals surface area contributed by atoms with Crippen LogP contribution in [0.2, 0.25) is 0 Å². The molecule has 0 heterocycles. The van der Waals surface area contributed by atoms with E-state index in [0.29, 0.717) is 6.42 Å². The summed E-state index contributed by atoms with van der Waals surface area (Å²) in [7, 11) is -7.01. The van der Waals surface area contributed by atoms with Gasteiger partial charge in [-0.2, -0.15) is 0 Å². The van der Waals surface area contributed by atoms with Crippen LogP contribution >= 0.6 is 0 Å². The zero-order valence-electron chi connectivity index (χ0n) is 10.3. The highest BCUT2D eigenvalue weighted by atomic mass is 32.3. The van der Waals surface area contributed by atoms with E-state index in [-0.39, 0.29) is 6.42 Å². The Morgan fingerprint density at radius 3 is 1.62 bits per heavy atom. The minimum absolute atomic E-state index is 0.224. The lowest BCUT2D eigenvalue weighted by Gasteiger charge is -2.12. The average molecular weight is 270 g/mol. The molecule has 0 aromatic heterocycles. The summed E-state index contributed by atoms with van der Waals surface area (Å²) in [6.45, 7) is 2.09. The molecule has 98 valence electrons. The fourth-order valence-corrected chi connectivity index (χ4v) is 5.39. The summed E-state index contributed by atoms with van der Waals surface area (Å²) in [4.78, 5) is 0. The molecule has 0 amide bonds. The van der Waals surface area contributed by atoms with E-state index in [1.807, 2.05) is 0 Å². The summed E-state index contributed by atoms with van der Waals surface area (Å²) < 4.78 is 44.1. The molecule has 0 radical (unpaired) electrons. The summed E-state index contributed by atoms with van der Waals surface area (Å²) in [6, 6.07) is 0. The van der Waals surface area contributed by atoms with Gasteiger partial charge in [-0.05, 0) is 6.42 Å². The molecule has 0 bridgehead atoms. The van der Waals surface area contributed by atoms with Crippen LogP contribution in [-0.2, 0) is 19.7 Å². The topological polar surface area (TPSA) is 68.3 Å². The van der Waals surface area contributed by atoms with Gasteiger partial charge in [-0.15, -0.1) is 0 Å². The Bertz CT molecular complexity index is 349. The molecule has 4 nitrogen and oxygen atoms in total. The molecule has 0 aliphatic carbocycles. The Morgan fingerprint density at radius 1 is 0.812 bits per heavy atom. The van der Waals surface area contributed by atoms with Gasteiger partial charge in [0.25, 0.3) is 0 Å². The van der Waals surface area contributed by atoms with Crippen molar-refractivity contribution in [2.24, 2.45) is 0 Å². The molecule has 6 heteroatoms. The van der Waals surface area contributed by atoms with Gasteiger partial charge in [-0.3, -0.25) is 0 Å². The number of hydrogen-bond donors (Lipinski definition) is 0. The molecule has 0 aromatic carbocycles. The maximum Gasteiger partial charge on any atom is 0.164 e. The van der Waals surface area contributed by atoms with Crippen LogP contribution in [0.15, 0.2) is 0 Å². The molecule has 0 fully saturated rings. The first-order chi connectivity index (χ1) is 7.19. The Hall–Kier alpha value is -0.100. The number of hydrogen-bond acceptors (Lipinski definition) is 4. The largest absolute Gasteiger partial charge is 0.228 e. The van der Waals surface area contributed by atoms with Crippen LogP contribution in [0.1, 0.15) is 45.4 Å². The second kappa shape index (κ2) is 6.59. The molecule has 16 heavy (non-hydrogen) atoms. The molecule has 0 unspecified atom stereocenters. The number of rotatable bonds is 8. The van der Waals surface area contributed by atoms with Crippen molar-refractivity contribution in [3.05, 3.63) is 0 Å². The molecule has 0 saturated carbocycles. The van der Waals surface area contributed by atoms with Gasteiger partial charge in [0.05, 0.1) is 0 Å². The van der Waals surface area contributed by atoms with Crippen LogP contribution in [0.25, 0.3) is 0 Å². The fourth-order valence-electron chi connectivity index (χ4n) is 1.66. The lowest BCUT2D eigenvalue weighted by Crippen LogP contribution is -2.28. The van der Waals surface area contributed by atoms with Crippen LogP contribution in [0.3, 0.4) is 0 Å². The van der Waals surface area contributed by atoms with E-state index in [0.717, 1.165) is 38.2 Å². The molecule has 0 rings (SSSR count). The van der Waals surface area contributed by atoms with Crippen molar-refractivity contribution in [1.82, 2.24) is 0 Å². The number of unbranched alkanes of at least 4 members (excludes halogenated alkanes) is 4. The van der Waals surface area contributed by atoms with Gasteiger partial charge in [-0.25, -0.2) is 16.8 Å². The highest BCUT2D eigenvalue weighted by Gasteiger charge is 2.30. The zero-order chi connectivity index (χ0) is 12.8. The molecular formula is C10H22O4S2. The van der Waals surface area contributed by atoms with E-state index in [1.165, 1.54) is 0 Å². The Balaban J connectivity index is 4.28. The summed E-state index contributed by atoms with van der Waals surface area (Å²) in [5, 5.41) is 0. The molecule has 0 atom stereocenters. The lowest BCUT2D eigenvalue weighted by atomic mass is 10.1. The quantitative estimate of drug-likeness (QED) is 0.630. The first kappa shape index (κ1) is 15.9. The second-order valence-corrected chi connectivity index (χ2v) is 9.05. The zero-order valence-corrected chi connectivity index (χ0v) is 11.9. The first-order valence-electron chi connectivity index (χ1n) is 5.57. The fraction of sp³-hybridized carbons (Fsp3) is 1.00. The van der Waals surface area contributed by atoms with E-state index in [4.69, 9.17) is 0 Å². The van der Waals surface area contributed by atoms with Gasteiger partial charge in [0, 0.05) is 12.5 Å². The summed E-state index contributed by atoms with van der Waals surface area (Å²) in [5.41, 5.74) is 0. The van der Waals surface area contributed by atoms with Crippen LogP contribution in [-0.4, -0.2) is 33.9 Å². The SMILES string of the molecule is CCCCCCCC(S(C)(=O)=O)S(C)(=O)=O. The monoisotopic (exact) mass is 270 g/mol. The summed E-state index contributed by atoms with van der Waals surface area (Å²) >= 11 is 0. The highest BCUT2D eigenvalue weighted by molar-refractivity contribution is 8.08. The normalized spacial score (nSPS) is 13.2. The Kier molecular flexibility index (Phi) is 6.55. The molecule has 0 aliphatic rings. The van der Waals surface area contributed by atoms with Crippen molar-refractivity contribution in [2.45, 2.75) is 50.0 Å². The summed E-state index contributed by atoms with van der Waals surface area (Å²) in [5.74, 6) is 0. The third-order valence-corrected chi connectivity index (χ3v) is 6.98. The minimum Gasteiger partial charge on any atom is -0.228 e. The molecule has 0 spiro atoms. The predicted octanol–water partition coefficient (Wildman–Crippen LogP) is 1.76. The van der Waals surface area contributed by atoms with Crippen LogP contribution in [0.4, 0.5) is 0 Å². The van der Waals surface area contributed by atoms with Crippen molar-refractivity contribution in [2.75, 3.05) is 12.5 Å². The third-order valence-electron chi connectivity index (χ3n) is 2.50. The minimum atomic E-state index is -3.50. The predicted molar refractivity (Wildman–Crippen MR) is 66.9 cm³/mol. The molecule has 0 N–H and O–H groups in total. The maximum absolute atomic E-state index is 11.3. The van der Waals surface area contributed by atoms with E-state index in [9.17, 15) is 16.8 Å². The smallest absolute Gasteiger partial charge is 0.164 e. The maximum atomic E-state index is 11.3. The van der Waals surface area contributed by atoms with E-state index >= 15 is 0 Å². The van der Waals surface area contributed by atoms with E-state index in [1.54, 1.807) is 0 Å². The Labute approximate surface area is 99.3 Å². The third kappa shape index (κ3) is 6.48. The van der Waals surface area contributed by atoms with Gasteiger partial charge in [0.1, 0.15) is 0 Å².